The lowest BCUT2D eigenvalue weighted by Crippen LogP contribution is -2.51. The van der Waals surface area contributed by atoms with Crippen LogP contribution in [0.25, 0.3) is 0 Å². The number of anilines is 1. The van der Waals surface area contributed by atoms with Crippen LogP contribution in [0.3, 0.4) is 0 Å². The zero-order valence-electron chi connectivity index (χ0n) is 11.4. The highest BCUT2D eigenvalue weighted by Crippen LogP contribution is 2.15. The summed E-state index contributed by atoms with van der Waals surface area (Å²) in [6.07, 6.45) is 1.72. The summed E-state index contributed by atoms with van der Waals surface area (Å²) in [6, 6.07) is 1.85. The predicted molar refractivity (Wildman–Crippen MR) is 73.2 cm³/mol. The normalized spacial score (nSPS) is 18.0. The molecule has 0 unspecified atom stereocenters. The number of aromatic nitrogens is 2. The molecular formula is C11H19N5O2S. The molecule has 0 aliphatic carbocycles. The average Bonchev–Trinajstić information content (AvgIpc) is 2.38. The molecule has 0 atom stereocenters. The summed E-state index contributed by atoms with van der Waals surface area (Å²) < 4.78 is 26.7. The van der Waals surface area contributed by atoms with Gasteiger partial charge in [-0.05, 0) is 13.0 Å². The molecule has 0 radical (unpaired) electrons. The molecule has 1 aliphatic rings. The summed E-state index contributed by atoms with van der Waals surface area (Å²) in [5.41, 5.74) is 0. The van der Waals surface area contributed by atoms with E-state index in [1.54, 1.807) is 20.3 Å². The van der Waals surface area contributed by atoms with Crippen molar-refractivity contribution in [3.63, 3.8) is 0 Å². The van der Waals surface area contributed by atoms with Gasteiger partial charge in [-0.3, -0.25) is 0 Å². The molecule has 1 saturated heterocycles. The number of piperazine rings is 1. The number of hydrogen-bond acceptors (Lipinski definition) is 5. The Balaban J connectivity index is 2.04. The van der Waals surface area contributed by atoms with Crippen molar-refractivity contribution in [2.75, 3.05) is 45.2 Å². The second-order valence-electron chi connectivity index (χ2n) is 4.64. The fraction of sp³-hybridized carbons (Fsp3) is 0.636. The van der Waals surface area contributed by atoms with Crippen molar-refractivity contribution >= 4 is 16.0 Å². The van der Waals surface area contributed by atoms with Gasteiger partial charge in [0, 0.05) is 46.5 Å². The van der Waals surface area contributed by atoms with Crippen molar-refractivity contribution in [3.05, 3.63) is 18.1 Å². The molecule has 0 aromatic carbocycles. The number of aryl methyl sites for hydroxylation is 1. The lowest BCUT2D eigenvalue weighted by molar-refractivity contribution is 0.355. The van der Waals surface area contributed by atoms with Crippen molar-refractivity contribution in [2.45, 2.75) is 6.92 Å². The SMILES string of the molecule is Cc1nccc(N2CCN(S(=O)(=O)N(C)C)CC2)n1. The lowest BCUT2D eigenvalue weighted by Gasteiger charge is -2.35. The van der Waals surface area contributed by atoms with E-state index in [-0.39, 0.29) is 0 Å². The summed E-state index contributed by atoms with van der Waals surface area (Å²) in [6.45, 7) is 4.08. The Morgan fingerprint density at radius 3 is 2.37 bits per heavy atom. The van der Waals surface area contributed by atoms with Gasteiger partial charge in [0.25, 0.3) is 10.2 Å². The smallest absolute Gasteiger partial charge is 0.281 e. The topological polar surface area (TPSA) is 69.6 Å². The number of hydrogen-bond donors (Lipinski definition) is 0. The first-order valence-electron chi connectivity index (χ1n) is 6.13. The van der Waals surface area contributed by atoms with Gasteiger partial charge in [-0.2, -0.15) is 17.0 Å². The molecule has 1 fully saturated rings. The highest BCUT2D eigenvalue weighted by molar-refractivity contribution is 7.86. The highest BCUT2D eigenvalue weighted by atomic mass is 32.2. The van der Waals surface area contributed by atoms with E-state index in [0.29, 0.717) is 26.2 Å². The molecule has 0 saturated carbocycles. The summed E-state index contributed by atoms with van der Waals surface area (Å²) in [7, 11) is -0.204. The Hall–Kier alpha value is -1.25. The summed E-state index contributed by atoms with van der Waals surface area (Å²) in [5.74, 6) is 1.58. The monoisotopic (exact) mass is 285 g/mol. The minimum absolute atomic E-state index is 0.476. The van der Waals surface area contributed by atoms with Crippen molar-refractivity contribution in [1.82, 2.24) is 18.6 Å². The number of nitrogens with zero attached hydrogens (tertiary/aromatic N) is 5. The van der Waals surface area contributed by atoms with E-state index in [2.05, 4.69) is 14.9 Å². The quantitative estimate of drug-likeness (QED) is 0.763. The second-order valence-corrected chi connectivity index (χ2v) is 6.78. The maximum Gasteiger partial charge on any atom is 0.281 e. The molecule has 106 valence electrons. The summed E-state index contributed by atoms with van der Waals surface area (Å²) in [4.78, 5) is 10.5. The van der Waals surface area contributed by atoms with Gasteiger partial charge in [-0.25, -0.2) is 9.97 Å². The third-order valence-corrected chi connectivity index (χ3v) is 5.05. The highest BCUT2D eigenvalue weighted by Gasteiger charge is 2.28. The molecule has 1 aromatic heterocycles. The van der Waals surface area contributed by atoms with E-state index in [9.17, 15) is 8.42 Å². The van der Waals surface area contributed by atoms with Gasteiger partial charge in [0.15, 0.2) is 0 Å². The summed E-state index contributed by atoms with van der Waals surface area (Å²) >= 11 is 0. The fourth-order valence-electron chi connectivity index (χ4n) is 2.00. The Morgan fingerprint density at radius 2 is 1.84 bits per heavy atom. The average molecular weight is 285 g/mol. The molecule has 19 heavy (non-hydrogen) atoms. The van der Waals surface area contributed by atoms with Gasteiger partial charge in [0.2, 0.25) is 0 Å². The molecule has 0 bridgehead atoms. The minimum atomic E-state index is -3.31. The van der Waals surface area contributed by atoms with Crippen LogP contribution in [0.5, 0.6) is 0 Å². The Morgan fingerprint density at radius 1 is 1.21 bits per heavy atom. The molecule has 0 N–H and O–H groups in total. The first kappa shape index (κ1) is 14.2. The lowest BCUT2D eigenvalue weighted by atomic mass is 10.3. The third-order valence-electron chi connectivity index (χ3n) is 3.11. The minimum Gasteiger partial charge on any atom is -0.354 e. The van der Waals surface area contributed by atoms with E-state index in [1.165, 1.54) is 8.61 Å². The van der Waals surface area contributed by atoms with Gasteiger partial charge in [-0.1, -0.05) is 0 Å². The molecule has 8 heteroatoms. The van der Waals surface area contributed by atoms with Crippen molar-refractivity contribution in [1.29, 1.82) is 0 Å². The van der Waals surface area contributed by atoms with Crippen LogP contribution in [-0.2, 0) is 10.2 Å². The van der Waals surface area contributed by atoms with Crippen LogP contribution in [-0.4, -0.2) is 67.3 Å². The van der Waals surface area contributed by atoms with E-state index in [4.69, 9.17) is 0 Å². The Kier molecular flexibility index (Phi) is 4.02. The standard InChI is InChI=1S/C11H19N5O2S/c1-10-12-5-4-11(13-10)15-6-8-16(9-7-15)19(17,18)14(2)3/h4-5H,6-9H2,1-3H3. The van der Waals surface area contributed by atoms with E-state index in [0.717, 1.165) is 11.6 Å². The molecule has 2 heterocycles. The first-order valence-corrected chi connectivity index (χ1v) is 7.53. The van der Waals surface area contributed by atoms with Crippen LogP contribution in [0.2, 0.25) is 0 Å². The maximum absolute atomic E-state index is 12.0. The molecular weight excluding hydrogens is 266 g/mol. The van der Waals surface area contributed by atoms with Crippen molar-refractivity contribution < 1.29 is 8.42 Å². The van der Waals surface area contributed by atoms with Crippen LogP contribution in [0.15, 0.2) is 12.3 Å². The zero-order valence-corrected chi connectivity index (χ0v) is 12.3. The third kappa shape index (κ3) is 3.02. The van der Waals surface area contributed by atoms with E-state index < -0.39 is 10.2 Å². The number of rotatable bonds is 3. The molecule has 0 amide bonds. The Labute approximate surface area is 114 Å². The van der Waals surface area contributed by atoms with Gasteiger partial charge < -0.3 is 4.90 Å². The van der Waals surface area contributed by atoms with Crippen LogP contribution in [0, 0.1) is 6.92 Å². The largest absolute Gasteiger partial charge is 0.354 e. The van der Waals surface area contributed by atoms with Crippen molar-refractivity contribution in [3.8, 4) is 0 Å². The van der Waals surface area contributed by atoms with Gasteiger partial charge >= 0.3 is 0 Å². The van der Waals surface area contributed by atoms with E-state index >= 15 is 0 Å². The first-order chi connectivity index (χ1) is 8.91. The molecule has 7 nitrogen and oxygen atoms in total. The molecule has 1 aliphatic heterocycles. The van der Waals surface area contributed by atoms with Crippen LogP contribution in [0.1, 0.15) is 5.82 Å². The maximum atomic E-state index is 12.0. The molecule has 1 aromatic rings. The van der Waals surface area contributed by atoms with Crippen LogP contribution in [0.4, 0.5) is 5.82 Å². The van der Waals surface area contributed by atoms with Crippen LogP contribution >= 0.6 is 0 Å². The van der Waals surface area contributed by atoms with Gasteiger partial charge in [-0.15, -0.1) is 0 Å². The van der Waals surface area contributed by atoms with Gasteiger partial charge in [0.05, 0.1) is 0 Å². The molecule has 2 rings (SSSR count). The Bertz CT molecular complexity index is 538. The van der Waals surface area contributed by atoms with Crippen LogP contribution < -0.4 is 4.90 Å². The fourth-order valence-corrected chi connectivity index (χ4v) is 3.09. The zero-order chi connectivity index (χ0) is 14.0. The van der Waals surface area contributed by atoms with E-state index in [1.807, 2.05) is 13.0 Å². The molecule has 0 spiro atoms. The second kappa shape index (κ2) is 5.40. The summed E-state index contributed by atoms with van der Waals surface area (Å²) in [5, 5.41) is 0. The predicted octanol–water partition coefficient (Wildman–Crippen LogP) is -0.287. The van der Waals surface area contributed by atoms with Crippen molar-refractivity contribution in [2.24, 2.45) is 0 Å². The van der Waals surface area contributed by atoms with Gasteiger partial charge in [0.1, 0.15) is 11.6 Å².